The maximum absolute atomic E-state index is 6.04. The van der Waals surface area contributed by atoms with Gasteiger partial charge < -0.3 is 5.73 Å². The first-order valence-corrected chi connectivity index (χ1v) is 6.23. The average molecular weight is 354 g/mol. The van der Waals surface area contributed by atoms with Crippen molar-refractivity contribution in [3.05, 3.63) is 31.8 Å². The van der Waals surface area contributed by atoms with Gasteiger partial charge in [-0.3, -0.25) is 0 Å². The van der Waals surface area contributed by atoms with Crippen LogP contribution >= 0.6 is 38.5 Å². The highest BCUT2D eigenvalue weighted by Crippen LogP contribution is 2.26. The van der Waals surface area contributed by atoms with Crippen LogP contribution in [0.2, 0.25) is 0 Å². The van der Waals surface area contributed by atoms with Crippen LogP contribution in [0.4, 0.5) is 0 Å². The summed E-state index contributed by atoms with van der Waals surface area (Å²) in [6.07, 6.45) is 2.16. The van der Waals surface area contributed by atoms with Crippen LogP contribution in [-0.4, -0.2) is 0 Å². The molecule has 0 aliphatic rings. The van der Waals surface area contributed by atoms with Crippen LogP contribution in [0.1, 0.15) is 31.4 Å². The summed E-state index contributed by atoms with van der Waals surface area (Å²) < 4.78 is 2.36. The lowest BCUT2D eigenvalue weighted by molar-refractivity contribution is 0.636. The quantitative estimate of drug-likeness (QED) is 0.820. The first-order chi connectivity index (χ1) is 6.15. The van der Waals surface area contributed by atoms with Gasteiger partial charge in [0.15, 0.2) is 0 Å². The molecule has 3 heteroatoms. The molecule has 0 aliphatic carbocycles. The van der Waals surface area contributed by atoms with Gasteiger partial charge in [-0.05, 0) is 52.8 Å². The monoisotopic (exact) mass is 353 g/mol. The van der Waals surface area contributed by atoms with Crippen molar-refractivity contribution in [1.29, 1.82) is 0 Å². The molecule has 0 spiro atoms. The minimum Gasteiger partial charge on any atom is -0.324 e. The van der Waals surface area contributed by atoms with E-state index in [1.54, 1.807) is 0 Å². The molecule has 2 N–H and O–H groups in total. The van der Waals surface area contributed by atoms with Gasteiger partial charge in [0, 0.05) is 14.1 Å². The lowest BCUT2D eigenvalue weighted by atomic mass is 10.0. The van der Waals surface area contributed by atoms with Crippen LogP contribution in [0.3, 0.4) is 0 Å². The number of rotatable bonds is 3. The van der Waals surface area contributed by atoms with Crippen molar-refractivity contribution in [1.82, 2.24) is 0 Å². The van der Waals surface area contributed by atoms with Gasteiger partial charge in [-0.1, -0.05) is 29.3 Å². The van der Waals surface area contributed by atoms with Crippen molar-refractivity contribution >= 4 is 38.5 Å². The molecule has 1 rings (SSSR count). The van der Waals surface area contributed by atoms with Crippen molar-refractivity contribution in [2.24, 2.45) is 5.73 Å². The third-order valence-corrected chi connectivity index (χ3v) is 3.35. The normalized spacial score (nSPS) is 12.9. The van der Waals surface area contributed by atoms with Crippen molar-refractivity contribution in [3.8, 4) is 0 Å². The van der Waals surface area contributed by atoms with E-state index in [1.807, 2.05) is 0 Å². The molecule has 1 aromatic carbocycles. The number of hydrogen-bond acceptors (Lipinski definition) is 1. The summed E-state index contributed by atoms with van der Waals surface area (Å²) >= 11 is 5.83. The molecule has 0 aromatic heterocycles. The number of hydrogen-bond donors (Lipinski definition) is 1. The minimum atomic E-state index is 0.161. The van der Waals surface area contributed by atoms with Gasteiger partial charge in [-0.15, -0.1) is 0 Å². The van der Waals surface area contributed by atoms with Gasteiger partial charge in [0.1, 0.15) is 0 Å². The number of nitrogens with two attached hydrogens (primary N) is 1. The molecular weight excluding hydrogens is 341 g/mol. The number of halogens is 2. The van der Waals surface area contributed by atoms with E-state index in [9.17, 15) is 0 Å². The Bertz CT molecular complexity index is 288. The Morgan fingerprint density at radius 2 is 2.23 bits per heavy atom. The van der Waals surface area contributed by atoms with Crippen LogP contribution < -0.4 is 5.73 Å². The molecule has 13 heavy (non-hydrogen) atoms. The summed E-state index contributed by atoms with van der Waals surface area (Å²) in [4.78, 5) is 0. The molecule has 0 saturated carbocycles. The fourth-order valence-corrected chi connectivity index (χ4v) is 2.32. The van der Waals surface area contributed by atoms with Crippen molar-refractivity contribution < 1.29 is 0 Å². The number of benzene rings is 1. The second-order valence-electron chi connectivity index (χ2n) is 3.06. The third kappa shape index (κ3) is 3.22. The molecule has 1 atom stereocenters. The van der Waals surface area contributed by atoms with E-state index in [0.717, 1.165) is 17.3 Å². The summed E-state index contributed by atoms with van der Waals surface area (Å²) in [6.45, 7) is 2.15. The maximum atomic E-state index is 6.04. The largest absolute Gasteiger partial charge is 0.324 e. The van der Waals surface area contributed by atoms with Crippen LogP contribution in [0.15, 0.2) is 22.7 Å². The Balaban J connectivity index is 2.91. The van der Waals surface area contributed by atoms with Gasteiger partial charge in [0.2, 0.25) is 0 Å². The maximum Gasteiger partial charge on any atom is 0.0306 e. The molecule has 0 bridgehead atoms. The third-order valence-electron chi connectivity index (χ3n) is 1.96. The fourth-order valence-electron chi connectivity index (χ4n) is 1.27. The van der Waals surface area contributed by atoms with E-state index >= 15 is 0 Å². The summed E-state index contributed by atoms with van der Waals surface area (Å²) in [5.41, 5.74) is 7.26. The molecule has 0 amide bonds. The van der Waals surface area contributed by atoms with Crippen molar-refractivity contribution in [2.75, 3.05) is 0 Å². The van der Waals surface area contributed by atoms with Crippen molar-refractivity contribution in [3.63, 3.8) is 0 Å². The Hall–Kier alpha value is 0.390. The first kappa shape index (κ1) is 11.5. The molecule has 72 valence electrons. The molecule has 1 aromatic rings. The van der Waals surface area contributed by atoms with Crippen LogP contribution in [-0.2, 0) is 0 Å². The molecule has 1 nitrogen and oxygen atoms in total. The first-order valence-electron chi connectivity index (χ1n) is 4.35. The average Bonchev–Trinajstić information content (AvgIpc) is 2.09. The summed E-state index contributed by atoms with van der Waals surface area (Å²) in [5.74, 6) is 0. The smallest absolute Gasteiger partial charge is 0.0306 e. The zero-order chi connectivity index (χ0) is 9.84. The highest BCUT2D eigenvalue weighted by Gasteiger charge is 2.08. The summed E-state index contributed by atoms with van der Waals surface area (Å²) in [7, 11) is 0. The van der Waals surface area contributed by atoms with Gasteiger partial charge in [0.25, 0.3) is 0 Å². The zero-order valence-electron chi connectivity index (χ0n) is 7.56. The second kappa shape index (κ2) is 5.32. The molecule has 0 radical (unpaired) electrons. The molecule has 0 aliphatic heterocycles. The molecule has 0 heterocycles. The van der Waals surface area contributed by atoms with E-state index < -0.39 is 0 Å². The minimum absolute atomic E-state index is 0.161. The Morgan fingerprint density at radius 1 is 1.54 bits per heavy atom. The second-order valence-corrected chi connectivity index (χ2v) is 5.16. The van der Waals surface area contributed by atoms with Gasteiger partial charge in [-0.2, -0.15) is 0 Å². The fraction of sp³-hybridized carbons (Fsp3) is 0.400. The Kier molecular flexibility index (Phi) is 4.69. The predicted octanol–water partition coefficient (Wildman–Crippen LogP) is 3.85. The highest BCUT2D eigenvalue weighted by molar-refractivity contribution is 14.1. The highest BCUT2D eigenvalue weighted by atomic mass is 127. The van der Waals surface area contributed by atoms with Crippen LogP contribution in [0, 0.1) is 3.57 Å². The topological polar surface area (TPSA) is 26.0 Å². The van der Waals surface area contributed by atoms with Crippen LogP contribution in [0.25, 0.3) is 0 Å². The molecular formula is C10H13BrIN. The summed E-state index contributed by atoms with van der Waals surface area (Å²) in [5, 5.41) is 0. The van der Waals surface area contributed by atoms with E-state index in [2.05, 4.69) is 63.6 Å². The zero-order valence-corrected chi connectivity index (χ0v) is 11.3. The van der Waals surface area contributed by atoms with Gasteiger partial charge in [-0.25, -0.2) is 0 Å². The molecule has 1 unspecified atom stereocenters. The Labute approximate surface area is 101 Å². The standard InChI is InChI=1S/C10H13BrIN/c1-2-3-10(13)8-6-7(12)4-5-9(8)11/h4-6,10H,2-3,13H2,1H3. The molecule has 0 fully saturated rings. The Morgan fingerprint density at radius 3 is 2.85 bits per heavy atom. The predicted molar refractivity (Wildman–Crippen MR) is 68.7 cm³/mol. The lowest BCUT2D eigenvalue weighted by Crippen LogP contribution is -2.10. The lowest BCUT2D eigenvalue weighted by Gasteiger charge is -2.12. The van der Waals surface area contributed by atoms with E-state index in [0.29, 0.717) is 0 Å². The van der Waals surface area contributed by atoms with E-state index in [-0.39, 0.29) is 6.04 Å². The van der Waals surface area contributed by atoms with Crippen LogP contribution in [0.5, 0.6) is 0 Å². The van der Waals surface area contributed by atoms with E-state index in [4.69, 9.17) is 5.73 Å². The van der Waals surface area contributed by atoms with Gasteiger partial charge >= 0.3 is 0 Å². The summed E-state index contributed by atoms with van der Waals surface area (Å²) in [6, 6.07) is 6.44. The SMILES string of the molecule is CCCC(N)c1cc(I)ccc1Br. The van der Waals surface area contributed by atoms with Crippen molar-refractivity contribution in [2.45, 2.75) is 25.8 Å². The van der Waals surface area contributed by atoms with E-state index in [1.165, 1.54) is 9.13 Å². The molecule has 0 saturated heterocycles. The van der Waals surface area contributed by atoms with Gasteiger partial charge in [0.05, 0.1) is 0 Å².